The van der Waals surface area contributed by atoms with Crippen LogP contribution < -0.4 is 0 Å². The molecule has 2 aromatic carbocycles. The van der Waals surface area contributed by atoms with E-state index in [0.717, 1.165) is 59.3 Å². The van der Waals surface area contributed by atoms with Gasteiger partial charge in [-0.25, -0.2) is 0 Å². The van der Waals surface area contributed by atoms with Crippen LogP contribution in [0, 0.1) is 19.3 Å². The minimum absolute atomic E-state index is 0.0266. The lowest BCUT2D eigenvalue weighted by molar-refractivity contribution is -0.128. The van der Waals surface area contributed by atoms with Crippen LogP contribution in [0.15, 0.2) is 64.2 Å². The minimum atomic E-state index is -0.471. The number of amides is 2. The Bertz CT molecular complexity index is 1570. The molecule has 1 fully saturated rings. The zero-order valence-electron chi connectivity index (χ0n) is 20.7. The number of hydrogen-bond donors (Lipinski definition) is 1. The molecule has 8 nitrogen and oxygen atoms in total. The molecule has 3 aliphatic rings. The average molecular weight is 511 g/mol. The summed E-state index contributed by atoms with van der Waals surface area (Å²) < 4.78 is 2.17. The van der Waals surface area contributed by atoms with E-state index < -0.39 is 5.91 Å². The van der Waals surface area contributed by atoms with Gasteiger partial charge >= 0.3 is 0 Å². The first-order valence-corrected chi connectivity index (χ1v) is 13.2. The fraction of sp³-hybridized carbons (Fsp3) is 0.250. The first-order chi connectivity index (χ1) is 17.9. The summed E-state index contributed by atoms with van der Waals surface area (Å²) in [5.41, 5.74) is 4.08. The van der Waals surface area contributed by atoms with E-state index in [2.05, 4.69) is 38.9 Å². The van der Waals surface area contributed by atoms with Crippen molar-refractivity contribution in [3.8, 4) is 5.69 Å². The third-order valence-corrected chi connectivity index (χ3v) is 7.94. The Morgan fingerprint density at radius 3 is 2.68 bits per heavy atom. The number of amidine groups is 2. The molecule has 37 heavy (non-hydrogen) atoms. The van der Waals surface area contributed by atoms with Crippen LogP contribution in [0.4, 0.5) is 0 Å². The number of likely N-dealkylation sites (tertiary alicyclic amines) is 1. The number of rotatable bonds is 4. The van der Waals surface area contributed by atoms with Gasteiger partial charge in [-0.05, 0) is 67.6 Å². The number of benzene rings is 2. The summed E-state index contributed by atoms with van der Waals surface area (Å²) in [4.78, 5) is 31.6. The van der Waals surface area contributed by atoms with Crippen LogP contribution in [-0.4, -0.2) is 55.4 Å². The van der Waals surface area contributed by atoms with Gasteiger partial charge in [0.15, 0.2) is 5.84 Å². The maximum Gasteiger partial charge on any atom is 0.283 e. The van der Waals surface area contributed by atoms with Crippen molar-refractivity contribution in [1.82, 2.24) is 14.5 Å². The van der Waals surface area contributed by atoms with E-state index in [1.165, 1.54) is 16.8 Å². The molecular weight excluding hydrogens is 484 g/mol. The van der Waals surface area contributed by atoms with Crippen LogP contribution in [0.5, 0.6) is 0 Å². The SMILES string of the molecule is Cc1cc(C=C2C(=N)N3N=C(CC(=O)N4CCCC4)SC3=NC2=O)c(C)n1-c1cccc2ccccc12. The summed E-state index contributed by atoms with van der Waals surface area (Å²) in [5.74, 6) is -0.471. The second kappa shape index (κ2) is 9.15. The van der Waals surface area contributed by atoms with E-state index >= 15 is 0 Å². The number of fused-ring (bicyclic) bond motifs is 2. The highest BCUT2D eigenvalue weighted by Crippen LogP contribution is 2.32. The Kier molecular flexibility index (Phi) is 5.79. The number of nitrogens with zero attached hydrogens (tertiary/aromatic N) is 5. The highest BCUT2D eigenvalue weighted by Gasteiger charge is 2.36. The molecule has 1 saturated heterocycles. The van der Waals surface area contributed by atoms with Crippen molar-refractivity contribution in [2.45, 2.75) is 33.1 Å². The van der Waals surface area contributed by atoms with E-state index in [1.54, 1.807) is 6.08 Å². The predicted octanol–water partition coefficient (Wildman–Crippen LogP) is 4.88. The standard InChI is InChI=1S/C28H26N6O2S/c1-17-14-20(18(2)33(17)23-11-7-9-19-8-3-4-10-21(19)23)15-22-26(29)34-28(30-27(22)36)37-24(31-34)16-25(35)32-12-5-6-13-32/h3-4,7-11,14-15,29H,5-6,12-13,16H2,1-2H3. The third kappa shape index (κ3) is 4.09. The molecule has 1 aromatic heterocycles. The van der Waals surface area contributed by atoms with Gasteiger partial charge in [0.25, 0.3) is 5.91 Å². The van der Waals surface area contributed by atoms with Crippen molar-refractivity contribution in [2.24, 2.45) is 10.1 Å². The molecule has 3 aliphatic heterocycles. The molecule has 2 amide bonds. The molecule has 4 heterocycles. The predicted molar refractivity (Wildman–Crippen MR) is 148 cm³/mol. The molecule has 3 aromatic rings. The van der Waals surface area contributed by atoms with Gasteiger partial charge in [-0.15, -0.1) is 0 Å². The normalized spacial score (nSPS) is 18.6. The molecule has 1 N–H and O–H groups in total. The molecule has 6 rings (SSSR count). The lowest BCUT2D eigenvalue weighted by Crippen LogP contribution is -2.35. The topological polar surface area (TPSA) is 94.1 Å². The van der Waals surface area contributed by atoms with Crippen LogP contribution in [0.3, 0.4) is 0 Å². The molecular formula is C28H26N6O2S. The van der Waals surface area contributed by atoms with Crippen molar-refractivity contribution in [1.29, 1.82) is 5.41 Å². The Morgan fingerprint density at radius 1 is 1.11 bits per heavy atom. The molecule has 0 aliphatic carbocycles. The molecule has 186 valence electrons. The Hall–Kier alpha value is -3.98. The van der Waals surface area contributed by atoms with Crippen molar-refractivity contribution < 1.29 is 9.59 Å². The Labute approximate surface area is 218 Å². The number of thioether (sulfide) groups is 1. The maximum atomic E-state index is 13.0. The summed E-state index contributed by atoms with van der Waals surface area (Å²) in [7, 11) is 0. The largest absolute Gasteiger partial charge is 0.342 e. The molecule has 0 spiro atoms. The maximum absolute atomic E-state index is 13.0. The number of aryl methyl sites for hydroxylation is 1. The monoisotopic (exact) mass is 510 g/mol. The molecule has 0 radical (unpaired) electrons. The lowest BCUT2D eigenvalue weighted by Gasteiger charge is -2.20. The lowest BCUT2D eigenvalue weighted by atomic mass is 10.1. The first kappa shape index (κ1) is 23.4. The first-order valence-electron chi connectivity index (χ1n) is 12.3. The fourth-order valence-corrected chi connectivity index (χ4v) is 6.05. The van der Waals surface area contributed by atoms with E-state index in [4.69, 9.17) is 5.41 Å². The Balaban J connectivity index is 1.31. The van der Waals surface area contributed by atoms with Gasteiger partial charge in [0.1, 0.15) is 5.04 Å². The van der Waals surface area contributed by atoms with Crippen LogP contribution >= 0.6 is 11.8 Å². The number of aromatic nitrogens is 1. The van der Waals surface area contributed by atoms with Crippen molar-refractivity contribution in [3.05, 3.63) is 71.1 Å². The number of nitrogens with one attached hydrogen (secondary N) is 1. The molecule has 0 saturated carbocycles. The Morgan fingerprint density at radius 2 is 1.86 bits per heavy atom. The van der Waals surface area contributed by atoms with Crippen LogP contribution in [0.25, 0.3) is 22.5 Å². The van der Waals surface area contributed by atoms with Crippen molar-refractivity contribution in [3.63, 3.8) is 0 Å². The van der Waals surface area contributed by atoms with Gasteiger partial charge in [-0.1, -0.05) is 36.4 Å². The van der Waals surface area contributed by atoms with Gasteiger partial charge < -0.3 is 9.47 Å². The molecule has 9 heteroatoms. The van der Waals surface area contributed by atoms with Gasteiger partial charge in [0.2, 0.25) is 11.1 Å². The third-order valence-electron chi connectivity index (χ3n) is 7.04. The van der Waals surface area contributed by atoms with Gasteiger partial charge in [-0.3, -0.25) is 15.0 Å². The molecule has 0 atom stereocenters. The highest BCUT2D eigenvalue weighted by molar-refractivity contribution is 8.27. The summed E-state index contributed by atoms with van der Waals surface area (Å²) in [6.45, 7) is 5.60. The second-order valence-corrected chi connectivity index (χ2v) is 10.5. The van der Waals surface area contributed by atoms with Crippen LogP contribution in [0.1, 0.15) is 36.2 Å². The van der Waals surface area contributed by atoms with E-state index in [-0.39, 0.29) is 23.7 Å². The number of carbonyl (C=O) groups is 2. The van der Waals surface area contributed by atoms with Gasteiger partial charge in [0, 0.05) is 29.9 Å². The van der Waals surface area contributed by atoms with Gasteiger partial charge in [0.05, 0.1) is 17.7 Å². The van der Waals surface area contributed by atoms with E-state index in [0.29, 0.717) is 10.2 Å². The molecule has 0 bridgehead atoms. The van der Waals surface area contributed by atoms with E-state index in [9.17, 15) is 9.59 Å². The van der Waals surface area contributed by atoms with Crippen LogP contribution in [0.2, 0.25) is 0 Å². The summed E-state index contributed by atoms with van der Waals surface area (Å²) in [6.07, 6.45) is 3.94. The smallest absolute Gasteiger partial charge is 0.283 e. The zero-order valence-corrected chi connectivity index (χ0v) is 21.5. The summed E-state index contributed by atoms with van der Waals surface area (Å²) in [5, 5.41) is 17.8. The zero-order chi connectivity index (χ0) is 25.7. The number of carbonyl (C=O) groups excluding carboxylic acids is 2. The van der Waals surface area contributed by atoms with Crippen molar-refractivity contribution in [2.75, 3.05) is 13.1 Å². The minimum Gasteiger partial charge on any atom is -0.342 e. The fourth-order valence-electron chi connectivity index (χ4n) is 5.17. The number of hydrogen-bond acceptors (Lipinski definition) is 5. The second-order valence-electron chi connectivity index (χ2n) is 9.44. The van der Waals surface area contributed by atoms with E-state index in [1.807, 2.05) is 43.0 Å². The van der Waals surface area contributed by atoms with Crippen molar-refractivity contribution >= 4 is 56.5 Å². The quantitative estimate of drug-likeness (QED) is 0.506. The van der Waals surface area contributed by atoms with Crippen LogP contribution in [-0.2, 0) is 9.59 Å². The van der Waals surface area contributed by atoms with Gasteiger partial charge in [-0.2, -0.15) is 15.1 Å². The average Bonchev–Trinajstić information content (AvgIpc) is 3.62. The molecule has 0 unspecified atom stereocenters. The summed E-state index contributed by atoms with van der Waals surface area (Å²) in [6, 6.07) is 16.5. The highest BCUT2D eigenvalue weighted by atomic mass is 32.2. The summed E-state index contributed by atoms with van der Waals surface area (Å²) >= 11 is 1.19. The number of aliphatic imine (C=N–C) groups is 1. The number of hydrazone groups is 1.